The third kappa shape index (κ3) is 7.57. The number of halogens is 6. The lowest BCUT2D eigenvalue weighted by atomic mass is 9.98. The van der Waals surface area contributed by atoms with Crippen molar-refractivity contribution in [3.8, 4) is 34.8 Å². The molecule has 0 saturated carbocycles. The zero-order valence-corrected chi connectivity index (χ0v) is 21.8. The molecule has 3 aromatic carbocycles. The SMILES string of the molecule is CC(C)CCCC(C)CCOc1cc(F)c(C#Cc2ccc(-c3cc(F)c(C#N)c(F)c3F)c(F)c2)c(F)c1. The van der Waals surface area contributed by atoms with Gasteiger partial charge in [-0.05, 0) is 36.5 Å². The molecule has 0 N–H and O–H groups in total. The van der Waals surface area contributed by atoms with Gasteiger partial charge in [0.25, 0.3) is 0 Å². The second kappa shape index (κ2) is 13.2. The summed E-state index contributed by atoms with van der Waals surface area (Å²) in [5, 5.41) is 8.73. The number of nitrogens with zero attached hydrogens (tertiary/aromatic N) is 1. The van der Waals surface area contributed by atoms with E-state index >= 15 is 0 Å². The Morgan fingerprint density at radius 3 is 2.00 bits per heavy atom. The van der Waals surface area contributed by atoms with Crippen molar-refractivity contribution in [3.63, 3.8) is 0 Å². The fourth-order valence-electron chi connectivity index (χ4n) is 3.99. The Kier molecular flexibility index (Phi) is 10.1. The van der Waals surface area contributed by atoms with Crippen LogP contribution in [-0.4, -0.2) is 6.61 Å². The van der Waals surface area contributed by atoms with Gasteiger partial charge in [0, 0.05) is 28.8 Å². The molecule has 0 aromatic heterocycles. The maximum atomic E-state index is 14.7. The summed E-state index contributed by atoms with van der Waals surface area (Å²) >= 11 is 0. The molecule has 1 unspecified atom stereocenters. The summed E-state index contributed by atoms with van der Waals surface area (Å²) < 4.78 is 91.5. The average Bonchev–Trinajstić information content (AvgIpc) is 2.86. The zero-order chi connectivity index (χ0) is 28.7. The van der Waals surface area contributed by atoms with Crippen LogP contribution in [-0.2, 0) is 0 Å². The number of benzene rings is 3. The highest BCUT2D eigenvalue weighted by Gasteiger charge is 2.21. The van der Waals surface area contributed by atoms with Gasteiger partial charge in [0.15, 0.2) is 11.6 Å². The maximum absolute atomic E-state index is 14.7. The molecule has 0 aliphatic rings. The van der Waals surface area contributed by atoms with Crippen LogP contribution in [0.5, 0.6) is 5.75 Å². The van der Waals surface area contributed by atoms with Crippen molar-refractivity contribution in [3.05, 3.63) is 88.0 Å². The molecule has 0 radical (unpaired) electrons. The molecule has 2 nitrogen and oxygen atoms in total. The van der Waals surface area contributed by atoms with E-state index in [1.165, 1.54) is 12.1 Å². The summed E-state index contributed by atoms with van der Waals surface area (Å²) in [7, 11) is 0. The molecule has 204 valence electrons. The maximum Gasteiger partial charge on any atom is 0.180 e. The number of ether oxygens (including phenoxy) is 1. The summed E-state index contributed by atoms with van der Waals surface area (Å²) in [6.45, 7) is 6.77. The highest BCUT2D eigenvalue weighted by atomic mass is 19.2. The van der Waals surface area contributed by atoms with Crippen LogP contribution in [0.4, 0.5) is 26.3 Å². The molecule has 0 amide bonds. The second-order valence-corrected chi connectivity index (χ2v) is 9.79. The zero-order valence-electron chi connectivity index (χ0n) is 21.8. The molecule has 1 atom stereocenters. The summed E-state index contributed by atoms with van der Waals surface area (Å²) in [4.78, 5) is 0. The minimum absolute atomic E-state index is 0.0168. The largest absolute Gasteiger partial charge is 0.493 e. The first-order chi connectivity index (χ1) is 18.5. The van der Waals surface area contributed by atoms with Crippen molar-refractivity contribution in [1.29, 1.82) is 5.26 Å². The number of rotatable bonds is 9. The minimum atomic E-state index is -1.73. The van der Waals surface area contributed by atoms with E-state index in [4.69, 9.17) is 10.00 Å². The van der Waals surface area contributed by atoms with Crippen LogP contribution in [0.25, 0.3) is 11.1 Å². The highest BCUT2D eigenvalue weighted by Crippen LogP contribution is 2.30. The Labute approximate surface area is 224 Å². The first kappa shape index (κ1) is 29.6. The average molecular weight is 544 g/mol. The van der Waals surface area contributed by atoms with Crippen LogP contribution in [0.2, 0.25) is 0 Å². The smallest absolute Gasteiger partial charge is 0.180 e. The van der Waals surface area contributed by atoms with Gasteiger partial charge in [0.05, 0.1) is 12.2 Å². The molecule has 39 heavy (non-hydrogen) atoms. The van der Waals surface area contributed by atoms with E-state index in [9.17, 15) is 26.3 Å². The third-order valence-corrected chi connectivity index (χ3v) is 6.23. The molecule has 0 spiro atoms. The van der Waals surface area contributed by atoms with Crippen molar-refractivity contribution in [2.45, 2.75) is 46.5 Å². The first-order valence-corrected chi connectivity index (χ1v) is 12.5. The monoisotopic (exact) mass is 543 g/mol. The molecule has 0 aliphatic carbocycles. The lowest BCUT2D eigenvalue weighted by Gasteiger charge is -2.13. The standard InChI is InChI=1S/C31H27F6NO/c1-18(2)5-4-6-19(3)11-12-39-21-14-27(33)23(28(34)15-21)10-8-20-7-9-22(26(32)13-20)24-16-29(35)25(17-38)31(37)30(24)36/h7,9,13-16,18-19H,4-6,11-12H2,1-3H3. The van der Waals surface area contributed by atoms with Crippen LogP contribution in [0, 0.1) is 69.9 Å². The van der Waals surface area contributed by atoms with Crippen molar-refractivity contribution in [1.82, 2.24) is 0 Å². The minimum Gasteiger partial charge on any atom is -0.493 e. The van der Waals surface area contributed by atoms with Crippen molar-refractivity contribution >= 4 is 0 Å². The molecule has 0 saturated heterocycles. The summed E-state index contributed by atoms with van der Waals surface area (Å²) in [6, 6.07) is 6.84. The molecule has 0 fully saturated rings. The Bertz CT molecular complexity index is 1430. The van der Waals surface area contributed by atoms with E-state index < -0.39 is 57.2 Å². The predicted molar refractivity (Wildman–Crippen MR) is 137 cm³/mol. The molecule has 0 heterocycles. The molecule has 0 aliphatic heterocycles. The number of hydrogen-bond acceptors (Lipinski definition) is 2. The quantitative estimate of drug-likeness (QED) is 0.154. The lowest BCUT2D eigenvalue weighted by molar-refractivity contribution is 0.273. The van der Waals surface area contributed by atoms with Gasteiger partial charge in [-0.15, -0.1) is 0 Å². The number of hydrogen-bond donors (Lipinski definition) is 0. The third-order valence-electron chi connectivity index (χ3n) is 6.23. The molecule has 3 aromatic rings. The fraction of sp³-hybridized carbons (Fsp3) is 0.323. The molecule has 3 rings (SSSR count). The topological polar surface area (TPSA) is 33.0 Å². The van der Waals surface area contributed by atoms with E-state index in [-0.39, 0.29) is 11.3 Å². The van der Waals surface area contributed by atoms with E-state index in [1.807, 2.05) is 0 Å². The van der Waals surface area contributed by atoms with E-state index in [1.54, 1.807) is 0 Å². The summed E-state index contributed by atoms with van der Waals surface area (Å²) in [5.41, 5.74) is -2.88. The van der Waals surface area contributed by atoms with Crippen molar-refractivity contribution in [2.24, 2.45) is 11.8 Å². The molecule has 0 bridgehead atoms. The van der Waals surface area contributed by atoms with Gasteiger partial charge in [-0.3, -0.25) is 0 Å². The lowest BCUT2D eigenvalue weighted by Crippen LogP contribution is -2.05. The van der Waals surface area contributed by atoms with Crippen LogP contribution in [0.1, 0.15) is 63.1 Å². The van der Waals surface area contributed by atoms with Gasteiger partial charge < -0.3 is 4.74 Å². The fourth-order valence-corrected chi connectivity index (χ4v) is 3.99. The Hall–Kier alpha value is -3.91. The van der Waals surface area contributed by atoms with E-state index in [2.05, 4.69) is 32.6 Å². The Balaban J connectivity index is 1.72. The van der Waals surface area contributed by atoms with Crippen LogP contribution in [0.3, 0.4) is 0 Å². The Morgan fingerprint density at radius 2 is 1.38 bits per heavy atom. The predicted octanol–water partition coefficient (Wildman–Crippen LogP) is 8.69. The van der Waals surface area contributed by atoms with Crippen molar-refractivity contribution < 1.29 is 31.1 Å². The highest BCUT2D eigenvalue weighted by molar-refractivity contribution is 5.67. The van der Waals surface area contributed by atoms with Gasteiger partial charge in [0.2, 0.25) is 0 Å². The van der Waals surface area contributed by atoms with Crippen LogP contribution < -0.4 is 4.74 Å². The van der Waals surface area contributed by atoms with E-state index in [0.717, 1.165) is 49.9 Å². The van der Waals surface area contributed by atoms with Gasteiger partial charge in [-0.1, -0.05) is 57.9 Å². The van der Waals surface area contributed by atoms with Crippen LogP contribution in [0.15, 0.2) is 36.4 Å². The first-order valence-electron chi connectivity index (χ1n) is 12.5. The van der Waals surface area contributed by atoms with Crippen molar-refractivity contribution in [2.75, 3.05) is 6.61 Å². The van der Waals surface area contributed by atoms with Gasteiger partial charge >= 0.3 is 0 Å². The second-order valence-electron chi connectivity index (χ2n) is 9.79. The van der Waals surface area contributed by atoms with Crippen LogP contribution >= 0.6 is 0 Å². The summed E-state index contributed by atoms with van der Waals surface area (Å²) in [6.07, 6.45) is 4.06. The van der Waals surface area contributed by atoms with Gasteiger partial charge in [-0.25, -0.2) is 26.3 Å². The van der Waals surface area contributed by atoms with E-state index in [0.29, 0.717) is 24.5 Å². The summed E-state index contributed by atoms with van der Waals surface area (Å²) in [5.74, 6) is -1.81. The normalized spacial score (nSPS) is 11.6. The molecular formula is C31H27F6NO. The van der Waals surface area contributed by atoms with Gasteiger partial charge in [-0.2, -0.15) is 5.26 Å². The molecule has 8 heteroatoms. The Morgan fingerprint density at radius 1 is 0.718 bits per heavy atom. The molecular weight excluding hydrogens is 516 g/mol. The van der Waals surface area contributed by atoms with Gasteiger partial charge in [0.1, 0.15) is 40.7 Å². The number of nitriles is 1.